The number of nitrogens with one attached hydrogen (secondary N) is 1. The van der Waals surface area contributed by atoms with E-state index in [4.69, 9.17) is 39.9 Å². The summed E-state index contributed by atoms with van der Waals surface area (Å²) in [6, 6.07) is 21.3. The second-order valence-electron chi connectivity index (χ2n) is 6.04. The molecule has 0 unspecified atom stereocenters. The molecule has 0 saturated carbocycles. The van der Waals surface area contributed by atoms with E-state index in [1.165, 1.54) is 6.07 Å². The van der Waals surface area contributed by atoms with E-state index in [1.807, 2.05) is 71.5 Å². The van der Waals surface area contributed by atoms with Gasteiger partial charge in [0.1, 0.15) is 10.8 Å². The molecule has 0 aliphatic rings. The van der Waals surface area contributed by atoms with Gasteiger partial charge in [0.2, 0.25) is 0 Å². The molecule has 2 aromatic heterocycles. The predicted molar refractivity (Wildman–Crippen MR) is 119 cm³/mol. The first-order valence-corrected chi connectivity index (χ1v) is 9.76. The SMILES string of the molecule is Clc1cc(Cl)c(NN=Cc2cn(-c3ccccc3)nc2-c2ccccc2)nc1Cl. The van der Waals surface area contributed by atoms with Crippen molar-refractivity contribution in [2.75, 3.05) is 5.43 Å². The zero-order valence-corrected chi connectivity index (χ0v) is 17.2. The number of hydrazone groups is 1. The Labute approximate surface area is 182 Å². The molecule has 5 nitrogen and oxygen atoms in total. The number of pyridine rings is 1. The number of rotatable bonds is 5. The quantitative estimate of drug-likeness (QED) is 0.223. The summed E-state index contributed by atoms with van der Waals surface area (Å²) < 4.78 is 1.81. The number of halogens is 3. The molecule has 0 aliphatic carbocycles. The van der Waals surface area contributed by atoms with Crippen LogP contribution in [0.25, 0.3) is 16.9 Å². The largest absolute Gasteiger partial charge is 0.260 e. The Bertz CT molecular complexity index is 1160. The highest BCUT2D eigenvalue weighted by molar-refractivity contribution is 6.42. The highest BCUT2D eigenvalue weighted by Crippen LogP contribution is 2.29. The minimum Gasteiger partial charge on any atom is -0.260 e. The second kappa shape index (κ2) is 8.66. The maximum absolute atomic E-state index is 6.14. The maximum Gasteiger partial charge on any atom is 0.166 e. The Morgan fingerprint density at radius 1 is 0.897 bits per heavy atom. The third-order valence-electron chi connectivity index (χ3n) is 4.07. The Morgan fingerprint density at radius 2 is 1.59 bits per heavy atom. The number of hydrogen-bond acceptors (Lipinski definition) is 4. The molecule has 0 saturated heterocycles. The van der Waals surface area contributed by atoms with Gasteiger partial charge in [-0.05, 0) is 18.2 Å². The molecule has 8 heteroatoms. The first-order valence-electron chi connectivity index (χ1n) is 8.63. The molecule has 4 rings (SSSR count). The normalized spacial score (nSPS) is 11.1. The second-order valence-corrected chi connectivity index (χ2v) is 7.21. The molecule has 29 heavy (non-hydrogen) atoms. The summed E-state index contributed by atoms with van der Waals surface area (Å²) >= 11 is 18.0. The summed E-state index contributed by atoms with van der Waals surface area (Å²) in [6.45, 7) is 0. The van der Waals surface area contributed by atoms with Crippen LogP contribution in [0.1, 0.15) is 5.56 Å². The van der Waals surface area contributed by atoms with Gasteiger partial charge in [-0.3, -0.25) is 5.43 Å². The van der Waals surface area contributed by atoms with Gasteiger partial charge in [0.05, 0.1) is 21.9 Å². The average Bonchev–Trinajstić information content (AvgIpc) is 3.17. The maximum atomic E-state index is 6.14. The van der Waals surface area contributed by atoms with Gasteiger partial charge < -0.3 is 0 Å². The molecular weight excluding hydrogens is 429 g/mol. The van der Waals surface area contributed by atoms with Crippen LogP contribution < -0.4 is 5.43 Å². The van der Waals surface area contributed by atoms with E-state index in [1.54, 1.807) is 6.21 Å². The van der Waals surface area contributed by atoms with Gasteiger partial charge in [-0.2, -0.15) is 10.2 Å². The van der Waals surface area contributed by atoms with Gasteiger partial charge in [-0.1, -0.05) is 83.3 Å². The molecule has 1 N–H and O–H groups in total. The van der Waals surface area contributed by atoms with Crippen molar-refractivity contribution < 1.29 is 0 Å². The first kappa shape index (κ1) is 19.5. The fraction of sp³-hybridized carbons (Fsp3) is 0. The van der Waals surface area contributed by atoms with Gasteiger partial charge in [-0.15, -0.1) is 0 Å². The number of para-hydroxylation sites is 1. The zero-order chi connectivity index (χ0) is 20.2. The monoisotopic (exact) mass is 441 g/mol. The van der Waals surface area contributed by atoms with E-state index < -0.39 is 0 Å². The van der Waals surface area contributed by atoms with Gasteiger partial charge >= 0.3 is 0 Å². The number of nitrogens with zero attached hydrogens (tertiary/aromatic N) is 4. The summed E-state index contributed by atoms with van der Waals surface area (Å²) in [4.78, 5) is 4.09. The van der Waals surface area contributed by atoms with Crippen molar-refractivity contribution in [3.63, 3.8) is 0 Å². The third kappa shape index (κ3) is 4.43. The van der Waals surface area contributed by atoms with Crippen LogP contribution in [0.5, 0.6) is 0 Å². The number of benzene rings is 2. The molecule has 0 amide bonds. The summed E-state index contributed by atoms with van der Waals surface area (Å²) in [6.07, 6.45) is 3.57. The highest BCUT2D eigenvalue weighted by atomic mass is 35.5. The van der Waals surface area contributed by atoms with Crippen LogP contribution >= 0.6 is 34.8 Å². The number of aromatic nitrogens is 3. The summed E-state index contributed by atoms with van der Waals surface area (Å²) in [5.41, 5.74) is 6.36. The van der Waals surface area contributed by atoms with Gasteiger partial charge in [0, 0.05) is 17.3 Å². The van der Waals surface area contributed by atoms with Gasteiger partial charge in [-0.25, -0.2) is 9.67 Å². The van der Waals surface area contributed by atoms with E-state index in [2.05, 4.69) is 15.5 Å². The molecule has 0 bridgehead atoms. The molecule has 144 valence electrons. The van der Waals surface area contributed by atoms with Crippen molar-refractivity contribution in [2.24, 2.45) is 5.10 Å². The van der Waals surface area contributed by atoms with Crippen molar-refractivity contribution >= 4 is 46.8 Å². The predicted octanol–water partition coefficient (Wildman–Crippen LogP) is 6.34. The van der Waals surface area contributed by atoms with Crippen LogP contribution in [0.3, 0.4) is 0 Å². The van der Waals surface area contributed by atoms with Crippen molar-refractivity contribution in [1.82, 2.24) is 14.8 Å². The lowest BCUT2D eigenvalue weighted by Crippen LogP contribution is -1.95. The zero-order valence-electron chi connectivity index (χ0n) is 14.9. The fourth-order valence-electron chi connectivity index (χ4n) is 2.70. The van der Waals surface area contributed by atoms with Gasteiger partial charge in [0.15, 0.2) is 5.82 Å². The van der Waals surface area contributed by atoms with E-state index >= 15 is 0 Å². The lowest BCUT2D eigenvalue weighted by atomic mass is 10.1. The Morgan fingerprint density at radius 3 is 2.31 bits per heavy atom. The van der Waals surface area contributed by atoms with Gasteiger partial charge in [0.25, 0.3) is 0 Å². The lowest BCUT2D eigenvalue weighted by molar-refractivity contribution is 0.884. The fourth-order valence-corrected chi connectivity index (χ4v) is 3.24. The smallest absolute Gasteiger partial charge is 0.166 e. The van der Waals surface area contributed by atoms with E-state index in [-0.39, 0.29) is 10.2 Å². The molecule has 0 radical (unpaired) electrons. The molecule has 0 atom stereocenters. The number of anilines is 1. The molecule has 2 heterocycles. The Balaban J connectivity index is 1.68. The van der Waals surface area contributed by atoms with Crippen LogP contribution in [0, 0.1) is 0 Å². The van der Waals surface area contributed by atoms with Crippen molar-refractivity contribution in [3.8, 4) is 16.9 Å². The van der Waals surface area contributed by atoms with Crippen molar-refractivity contribution in [3.05, 3.63) is 93.7 Å². The molecule has 2 aromatic carbocycles. The molecule has 0 spiro atoms. The average molecular weight is 443 g/mol. The Hall–Kier alpha value is -2.86. The van der Waals surface area contributed by atoms with Crippen LogP contribution in [0.15, 0.2) is 78.0 Å². The molecule has 0 fully saturated rings. The number of hydrogen-bond donors (Lipinski definition) is 1. The topological polar surface area (TPSA) is 55.1 Å². The first-order chi connectivity index (χ1) is 14.1. The highest BCUT2D eigenvalue weighted by Gasteiger charge is 2.11. The molecular formula is C21H14Cl3N5. The summed E-state index contributed by atoms with van der Waals surface area (Å²) in [5.74, 6) is 0.314. The lowest BCUT2D eigenvalue weighted by Gasteiger charge is -2.04. The van der Waals surface area contributed by atoms with Crippen LogP contribution in [-0.4, -0.2) is 21.0 Å². The standard InChI is InChI=1S/C21H14Cl3N5/c22-17-11-18(23)21(26-20(17)24)27-25-12-15-13-29(16-9-5-2-6-10-16)28-19(15)14-7-3-1-4-8-14/h1-13H,(H,26,27). The summed E-state index contributed by atoms with van der Waals surface area (Å²) in [5, 5.41) is 9.74. The summed E-state index contributed by atoms with van der Waals surface area (Å²) in [7, 11) is 0. The van der Waals surface area contributed by atoms with E-state index in [9.17, 15) is 0 Å². The minimum atomic E-state index is 0.149. The molecule has 4 aromatic rings. The van der Waals surface area contributed by atoms with Crippen molar-refractivity contribution in [1.29, 1.82) is 0 Å². The van der Waals surface area contributed by atoms with E-state index in [0.29, 0.717) is 10.8 Å². The third-order valence-corrected chi connectivity index (χ3v) is 5.03. The van der Waals surface area contributed by atoms with Crippen LogP contribution in [0.4, 0.5) is 5.82 Å². The Kier molecular flexibility index (Phi) is 5.81. The van der Waals surface area contributed by atoms with Crippen LogP contribution in [0.2, 0.25) is 15.2 Å². The van der Waals surface area contributed by atoms with E-state index in [0.717, 1.165) is 22.5 Å². The van der Waals surface area contributed by atoms with Crippen LogP contribution in [-0.2, 0) is 0 Å². The molecule has 0 aliphatic heterocycles. The van der Waals surface area contributed by atoms with Crippen molar-refractivity contribution in [2.45, 2.75) is 0 Å². The minimum absolute atomic E-state index is 0.149.